The summed E-state index contributed by atoms with van der Waals surface area (Å²) in [5.41, 5.74) is 2.92. The molecule has 5 aromatic rings. The highest BCUT2D eigenvalue weighted by Gasteiger charge is 2.33. The number of aromatic nitrogens is 4. The third-order valence-electron chi connectivity index (χ3n) is 7.60. The van der Waals surface area contributed by atoms with Gasteiger partial charge in [0.25, 0.3) is 0 Å². The van der Waals surface area contributed by atoms with Gasteiger partial charge in [-0.2, -0.15) is 0 Å². The highest BCUT2D eigenvalue weighted by atomic mass is 35.5. The molecule has 0 spiro atoms. The number of carbonyl (C=O) groups excluding carboxylic acids is 1. The quantitative estimate of drug-likeness (QED) is 0.223. The largest absolute Gasteiger partial charge is 0.354 e. The van der Waals surface area contributed by atoms with Gasteiger partial charge in [0.05, 0.1) is 5.02 Å². The first-order chi connectivity index (χ1) is 20.3. The Morgan fingerprint density at radius 1 is 0.976 bits per heavy atom. The van der Waals surface area contributed by atoms with E-state index in [1.807, 2.05) is 60.0 Å². The first-order valence-electron chi connectivity index (χ1n) is 13.6. The minimum absolute atomic E-state index is 0.115. The van der Waals surface area contributed by atoms with Crippen LogP contribution in [0.1, 0.15) is 25.3 Å². The highest BCUT2D eigenvalue weighted by Crippen LogP contribution is 2.36. The topological polar surface area (TPSA) is 88.0 Å². The van der Waals surface area contributed by atoms with Crippen LogP contribution in [0, 0.1) is 5.82 Å². The molecular formula is C31H28Cl2FN7O. The number of halogens is 3. The van der Waals surface area contributed by atoms with E-state index in [1.165, 1.54) is 6.07 Å². The first kappa shape index (κ1) is 27.9. The number of urea groups is 1. The number of hydrogen-bond donors (Lipinski definition) is 2. The van der Waals surface area contributed by atoms with Crippen molar-refractivity contribution in [1.29, 1.82) is 0 Å². The van der Waals surface area contributed by atoms with E-state index in [0.717, 1.165) is 11.3 Å². The number of imidazole rings is 1. The van der Waals surface area contributed by atoms with Gasteiger partial charge in [0.1, 0.15) is 18.0 Å². The molecule has 1 aliphatic rings. The van der Waals surface area contributed by atoms with Gasteiger partial charge in [-0.25, -0.2) is 24.1 Å². The van der Waals surface area contributed by atoms with Crippen molar-refractivity contribution in [2.24, 2.45) is 0 Å². The molecule has 1 aliphatic heterocycles. The molecule has 0 atom stereocenters. The fourth-order valence-electron chi connectivity index (χ4n) is 5.24. The zero-order chi connectivity index (χ0) is 29.3. The Labute approximate surface area is 252 Å². The van der Waals surface area contributed by atoms with Crippen LogP contribution < -0.4 is 15.5 Å². The lowest BCUT2D eigenvalue weighted by Crippen LogP contribution is -2.55. The molecule has 11 heteroatoms. The van der Waals surface area contributed by atoms with E-state index < -0.39 is 5.54 Å². The summed E-state index contributed by atoms with van der Waals surface area (Å²) in [4.78, 5) is 29.1. The lowest BCUT2D eigenvalue weighted by Gasteiger charge is -2.40. The lowest BCUT2D eigenvalue weighted by atomic mass is 9.89. The molecule has 0 radical (unpaired) electrons. The SMILES string of the molecule is CC1(NC(=O)NCc2ccccc2F)CCN(c2ncnc3c2nc(-c2ccccc2Cl)n3-c2ccc(Cl)cc2)CC1. The number of rotatable bonds is 6. The molecule has 6 rings (SSSR count). The minimum atomic E-state index is -0.437. The van der Waals surface area contributed by atoms with Gasteiger partial charge in [0.15, 0.2) is 17.0 Å². The van der Waals surface area contributed by atoms with Crippen LogP contribution in [0.25, 0.3) is 28.2 Å². The van der Waals surface area contributed by atoms with Crippen molar-refractivity contribution in [3.63, 3.8) is 0 Å². The number of nitrogens with zero attached hydrogens (tertiary/aromatic N) is 5. The monoisotopic (exact) mass is 603 g/mol. The maximum Gasteiger partial charge on any atom is 0.315 e. The second-order valence-electron chi connectivity index (χ2n) is 10.5. The van der Waals surface area contributed by atoms with Gasteiger partial charge < -0.3 is 15.5 Å². The smallest absolute Gasteiger partial charge is 0.315 e. The van der Waals surface area contributed by atoms with E-state index in [9.17, 15) is 9.18 Å². The van der Waals surface area contributed by atoms with E-state index in [4.69, 9.17) is 28.2 Å². The Morgan fingerprint density at radius 2 is 1.69 bits per heavy atom. The highest BCUT2D eigenvalue weighted by molar-refractivity contribution is 6.33. The summed E-state index contributed by atoms with van der Waals surface area (Å²) in [5, 5.41) is 7.06. The van der Waals surface area contributed by atoms with Crippen LogP contribution in [0.2, 0.25) is 10.0 Å². The van der Waals surface area contributed by atoms with Gasteiger partial charge in [-0.15, -0.1) is 0 Å². The van der Waals surface area contributed by atoms with E-state index in [0.29, 0.717) is 64.3 Å². The van der Waals surface area contributed by atoms with Crippen molar-refractivity contribution in [3.8, 4) is 17.1 Å². The average molecular weight is 605 g/mol. The molecule has 2 N–H and O–H groups in total. The molecule has 1 saturated heterocycles. The zero-order valence-corrected chi connectivity index (χ0v) is 24.3. The number of nitrogens with one attached hydrogen (secondary N) is 2. The number of amides is 2. The Bertz CT molecular complexity index is 1750. The summed E-state index contributed by atoms with van der Waals surface area (Å²) in [6, 6.07) is 21.1. The van der Waals surface area contributed by atoms with Crippen LogP contribution in [-0.4, -0.2) is 44.2 Å². The molecule has 0 bridgehead atoms. The summed E-state index contributed by atoms with van der Waals surface area (Å²) < 4.78 is 15.9. The fraction of sp³-hybridized carbons (Fsp3) is 0.226. The molecule has 3 heterocycles. The maximum absolute atomic E-state index is 13.9. The number of anilines is 1. The summed E-state index contributed by atoms with van der Waals surface area (Å²) in [6.45, 7) is 3.42. The molecule has 3 aromatic carbocycles. The zero-order valence-electron chi connectivity index (χ0n) is 22.8. The number of fused-ring (bicyclic) bond motifs is 1. The average Bonchev–Trinajstić information content (AvgIpc) is 3.37. The molecule has 1 fully saturated rings. The number of benzene rings is 3. The molecular weight excluding hydrogens is 576 g/mol. The predicted octanol–water partition coefficient (Wildman–Crippen LogP) is 6.79. The molecule has 0 unspecified atom stereocenters. The number of carbonyl (C=O) groups is 1. The third-order valence-corrected chi connectivity index (χ3v) is 8.19. The molecule has 42 heavy (non-hydrogen) atoms. The lowest BCUT2D eigenvalue weighted by molar-refractivity contribution is 0.217. The molecule has 0 aliphatic carbocycles. The van der Waals surface area contributed by atoms with Crippen molar-refractivity contribution in [3.05, 3.63) is 101 Å². The van der Waals surface area contributed by atoms with Crippen molar-refractivity contribution < 1.29 is 9.18 Å². The second kappa shape index (κ2) is 11.6. The number of hydrogen-bond acceptors (Lipinski definition) is 5. The van der Waals surface area contributed by atoms with Gasteiger partial charge in [0.2, 0.25) is 0 Å². The standard InChI is InChI=1S/C31H28Cl2FN7O/c1-31(39-30(42)35-18-20-6-2-5-9-25(20)34)14-16-40(17-15-31)28-26-29(37-19-36-28)41(22-12-10-21(32)11-13-22)27(38-26)23-7-3-4-8-24(23)33/h2-13,19H,14-18H2,1H3,(H2,35,39,42). The van der Waals surface area contributed by atoms with Gasteiger partial charge in [-0.1, -0.05) is 53.5 Å². The van der Waals surface area contributed by atoms with E-state index >= 15 is 0 Å². The Hall–Kier alpha value is -4.21. The van der Waals surface area contributed by atoms with Crippen molar-refractivity contribution >= 4 is 46.2 Å². The molecule has 2 aromatic heterocycles. The van der Waals surface area contributed by atoms with Crippen LogP contribution >= 0.6 is 23.2 Å². The molecule has 214 valence electrons. The van der Waals surface area contributed by atoms with Gasteiger partial charge in [0, 0.05) is 47.0 Å². The minimum Gasteiger partial charge on any atom is -0.354 e. The normalized spacial score (nSPS) is 14.6. The molecule has 8 nitrogen and oxygen atoms in total. The first-order valence-corrected chi connectivity index (χ1v) is 14.4. The van der Waals surface area contributed by atoms with Crippen molar-refractivity contribution in [2.75, 3.05) is 18.0 Å². The van der Waals surface area contributed by atoms with Crippen LogP contribution in [0.3, 0.4) is 0 Å². The summed E-state index contributed by atoms with van der Waals surface area (Å²) in [6.07, 6.45) is 2.91. The van der Waals surface area contributed by atoms with Crippen LogP contribution in [0.4, 0.5) is 15.0 Å². The fourth-order valence-corrected chi connectivity index (χ4v) is 5.59. The Kier molecular flexibility index (Phi) is 7.70. The van der Waals surface area contributed by atoms with E-state index in [-0.39, 0.29) is 18.4 Å². The van der Waals surface area contributed by atoms with Crippen molar-refractivity contribution in [2.45, 2.75) is 31.8 Å². The molecule has 2 amide bonds. The maximum atomic E-state index is 13.9. The van der Waals surface area contributed by atoms with Crippen LogP contribution in [0.15, 0.2) is 79.1 Å². The summed E-state index contributed by atoms with van der Waals surface area (Å²) >= 11 is 12.8. The number of piperidine rings is 1. The molecule has 0 saturated carbocycles. The van der Waals surface area contributed by atoms with Crippen molar-refractivity contribution in [1.82, 2.24) is 30.2 Å². The predicted molar refractivity (Wildman–Crippen MR) is 164 cm³/mol. The van der Waals surface area contributed by atoms with Gasteiger partial charge in [-0.3, -0.25) is 4.57 Å². The summed E-state index contributed by atoms with van der Waals surface area (Å²) in [5.74, 6) is 1.02. The van der Waals surface area contributed by atoms with Crippen LogP contribution in [0.5, 0.6) is 0 Å². The Morgan fingerprint density at radius 3 is 2.43 bits per heavy atom. The summed E-state index contributed by atoms with van der Waals surface area (Å²) in [7, 11) is 0. The van der Waals surface area contributed by atoms with E-state index in [2.05, 4.69) is 25.5 Å². The second-order valence-corrected chi connectivity index (χ2v) is 11.4. The van der Waals surface area contributed by atoms with Gasteiger partial charge >= 0.3 is 6.03 Å². The third kappa shape index (κ3) is 5.62. The van der Waals surface area contributed by atoms with E-state index in [1.54, 1.807) is 24.5 Å². The van der Waals surface area contributed by atoms with Gasteiger partial charge in [-0.05, 0) is 62.2 Å². The van der Waals surface area contributed by atoms with Crippen LogP contribution in [-0.2, 0) is 6.54 Å². The Balaban J connectivity index is 1.25.